The van der Waals surface area contributed by atoms with Gasteiger partial charge in [0.1, 0.15) is 5.71 Å². The molecule has 1 N–H and O–H groups in total. The van der Waals surface area contributed by atoms with E-state index >= 15 is 0 Å². The van der Waals surface area contributed by atoms with Gasteiger partial charge < -0.3 is 10.1 Å². The average molecular weight is 459 g/mol. The van der Waals surface area contributed by atoms with Crippen molar-refractivity contribution in [2.75, 3.05) is 16.9 Å². The van der Waals surface area contributed by atoms with Crippen molar-refractivity contribution in [3.63, 3.8) is 0 Å². The third-order valence-corrected chi connectivity index (χ3v) is 4.96. The summed E-state index contributed by atoms with van der Waals surface area (Å²) in [6.45, 7) is 3.05. The number of carbonyl (C=O) groups is 3. The number of halogens is 1. The van der Waals surface area contributed by atoms with Gasteiger partial charge in [0.2, 0.25) is 5.91 Å². The molecule has 1 aliphatic heterocycles. The van der Waals surface area contributed by atoms with E-state index in [0.717, 1.165) is 17.2 Å². The molecule has 0 unspecified atom stereocenters. The molecule has 1 heterocycles. The number of esters is 1. The van der Waals surface area contributed by atoms with Crippen molar-refractivity contribution in [3.8, 4) is 0 Å². The largest absolute Gasteiger partial charge is 0.451 e. The molecule has 3 rings (SSSR count). The zero-order valence-corrected chi connectivity index (χ0v) is 18.0. The molecule has 0 aliphatic carbocycles. The van der Waals surface area contributed by atoms with Gasteiger partial charge in [0, 0.05) is 25.0 Å². The van der Waals surface area contributed by atoms with Gasteiger partial charge in [-0.3, -0.25) is 19.7 Å². The number of nitro groups is 1. The second kappa shape index (κ2) is 9.56. The van der Waals surface area contributed by atoms with Crippen LogP contribution in [-0.2, 0) is 19.1 Å². The number of hydrogen-bond donors (Lipinski definition) is 1. The molecular weight excluding hydrogens is 440 g/mol. The minimum absolute atomic E-state index is 0.00619. The van der Waals surface area contributed by atoms with E-state index < -0.39 is 23.4 Å². The second-order valence-electron chi connectivity index (χ2n) is 7.09. The number of amides is 2. The first-order valence-corrected chi connectivity index (χ1v) is 9.92. The first-order chi connectivity index (χ1) is 15.2. The molecule has 0 aromatic heterocycles. The number of hydrogen-bond acceptors (Lipinski definition) is 7. The van der Waals surface area contributed by atoms with Crippen LogP contribution < -0.4 is 10.3 Å². The van der Waals surface area contributed by atoms with Crippen LogP contribution in [0.4, 0.5) is 17.1 Å². The van der Waals surface area contributed by atoms with Crippen LogP contribution in [0.3, 0.4) is 0 Å². The zero-order valence-electron chi connectivity index (χ0n) is 17.3. The summed E-state index contributed by atoms with van der Waals surface area (Å²) in [4.78, 5) is 47.1. The first-order valence-electron chi connectivity index (χ1n) is 9.54. The van der Waals surface area contributed by atoms with Gasteiger partial charge in [-0.25, -0.2) is 4.79 Å². The molecule has 0 saturated heterocycles. The fourth-order valence-electron chi connectivity index (χ4n) is 2.96. The summed E-state index contributed by atoms with van der Waals surface area (Å²) in [5, 5.41) is 18.6. The Labute approximate surface area is 187 Å². The van der Waals surface area contributed by atoms with Crippen LogP contribution in [0, 0.1) is 24.0 Å². The minimum atomic E-state index is -0.840. The lowest BCUT2D eigenvalue weighted by Crippen LogP contribution is -2.36. The highest BCUT2D eigenvalue weighted by molar-refractivity contribution is 6.38. The van der Waals surface area contributed by atoms with E-state index in [-0.39, 0.29) is 40.9 Å². The number of carbonyl (C=O) groups excluding carboxylic acids is 3. The maximum absolute atomic E-state index is 12.4. The van der Waals surface area contributed by atoms with Crippen molar-refractivity contribution in [1.82, 2.24) is 0 Å². The standard InChI is InChI=1S/C21H19ClN4O6/c1-12-3-4-13(2)18(9-12)25-20(28)8-7-16(24-25)21(29)32-11-19(27)23-17-10-14(26(30)31)5-6-15(17)22/h3-6,9-10H,7-8,11H2,1-2H3,(H,23,27). The molecule has 2 aromatic carbocycles. The van der Waals surface area contributed by atoms with Crippen LogP contribution in [0.25, 0.3) is 0 Å². The van der Waals surface area contributed by atoms with Crippen LogP contribution in [-0.4, -0.2) is 35.0 Å². The van der Waals surface area contributed by atoms with Crippen molar-refractivity contribution in [2.45, 2.75) is 26.7 Å². The van der Waals surface area contributed by atoms with E-state index in [1.807, 2.05) is 26.0 Å². The molecule has 2 aromatic rings. The van der Waals surface area contributed by atoms with Gasteiger partial charge in [-0.1, -0.05) is 23.7 Å². The Balaban J connectivity index is 1.67. The summed E-state index contributed by atoms with van der Waals surface area (Å²) < 4.78 is 5.01. The summed E-state index contributed by atoms with van der Waals surface area (Å²) in [5.41, 5.74) is 2.08. The molecule has 0 fully saturated rings. The van der Waals surface area contributed by atoms with Gasteiger partial charge in [0.15, 0.2) is 6.61 Å². The number of aryl methyl sites for hydroxylation is 2. The quantitative estimate of drug-likeness (QED) is 0.400. The predicted molar refractivity (Wildman–Crippen MR) is 118 cm³/mol. The highest BCUT2D eigenvalue weighted by atomic mass is 35.5. The Morgan fingerprint density at radius 2 is 1.97 bits per heavy atom. The van der Waals surface area contributed by atoms with E-state index in [0.29, 0.717) is 5.69 Å². The van der Waals surface area contributed by atoms with E-state index in [4.69, 9.17) is 16.3 Å². The Morgan fingerprint density at radius 1 is 1.22 bits per heavy atom. The average Bonchev–Trinajstić information content (AvgIpc) is 2.75. The number of nitro benzene ring substituents is 1. The summed E-state index contributed by atoms with van der Waals surface area (Å²) in [6.07, 6.45) is 0.147. The lowest BCUT2D eigenvalue weighted by molar-refractivity contribution is -0.384. The molecule has 0 bridgehead atoms. The maximum atomic E-state index is 12.4. The van der Waals surface area contributed by atoms with E-state index in [1.165, 1.54) is 17.1 Å². The van der Waals surface area contributed by atoms with Crippen molar-refractivity contribution >= 4 is 52.2 Å². The zero-order chi connectivity index (χ0) is 23.4. The van der Waals surface area contributed by atoms with Crippen LogP contribution in [0.15, 0.2) is 41.5 Å². The molecule has 166 valence electrons. The monoisotopic (exact) mass is 458 g/mol. The summed E-state index contributed by atoms with van der Waals surface area (Å²) in [6, 6.07) is 9.11. The van der Waals surface area contributed by atoms with E-state index in [2.05, 4.69) is 10.4 Å². The van der Waals surface area contributed by atoms with Crippen molar-refractivity contribution in [3.05, 3.63) is 62.7 Å². The Kier molecular flexibility index (Phi) is 6.84. The van der Waals surface area contributed by atoms with Gasteiger partial charge in [0.05, 0.1) is 21.3 Å². The van der Waals surface area contributed by atoms with Crippen molar-refractivity contribution < 1.29 is 24.0 Å². The van der Waals surface area contributed by atoms with Gasteiger partial charge in [0.25, 0.3) is 11.6 Å². The molecule has 32 heavy (non-hydrogen) atoms. The van der Waals surface area contributed by atoms with Crippen molar-refractivity contribution in [1.29, 1.82) is 0 Å². The predicted octanol–water partition coefficient (Wildman–Crippen LogP) is 3.53. The number of ether oxygens (including phenoxy) is 1. The van der Waals surface area contributed by atoms with E-state index in [1.54, 1.807) is 6.07 Å². The van der Waals surface area contributed by atoms with Crippen molar-refractivity contribution in [2.24, 2.45) is 5.10 Å². The SMILES string of the molecule is Cc1ccc(C)c(N2N=C(C(=O)OCC(=O)Nc3cc([N+](=O)[O-])ccc3Cl)CCC2=O)c1. The summed E-state index contributed by atoms with van der Waals surface area (Å²) in [7, 11) is 0. The Morgan fingerprint density at radius 3 is 2.69 bits per heavy atom. The number of benzene rings is 2. The summed E-state index contributed by atoms with van der Waals surface area (Å²) in [5.74, 6) is -1.83. The molecule has 2 amide bonds. The Hall–Kier alpha value is -3.79. The Bertz CT molecular complexity index is 1150. The van der Waals surface area contributed by atoms with Crippen LogP contribution in [0.1, 0.15) is 24.0 Å². The van der Waals surface area contributed by atoms with Crippen LogP contribution >= 0.6 is 11.6 Å². The van der Waals surface area contributed by atoms with E-state index in [9.17, 15) is 24.5 Å². The van der Waals surface area contributed by atoms with Crippen LogP contribution in [0.2, 0.25) is 5.02 Å². The summed E-state index contributed by atoms with van der Waals surface area (Å²) >= 11 is 5.94. The van der Waals surface area contributed by atoms with Gasteiger partial charge in [-0.05, 0) is 37.1 Å². The number of anilines is 2. The lowest BCUT2D eigenvalue weighted by atomic mass is 10.1. The normalized spacial score (nSPS) is 13.4. The highest BCUT2D eigenvalue weighted by Gasteiger charge is 2.28. The first kappa shape index (κ1) is 22.9. The van der Waals surface area contributed by atoms with Gasteiger partial charge in [-0.15, -0.1) is 0 Å². The third kappa shape index (κ3) is 5.27. The maximum Gasteiger partial charge on any atom is 0.355 e. The molecule has 0 atom stereocenters. The number of rotatable bonds is 6. The minimum Gasteiger partial charge on any atom is -0.451 e. The number of non-ortho nitro benzene ring substituents is 1. The topological polar surface area (TPSA) is 131 Å². The molecule has 0 radical (unpaired) electrons. The fourth-order valence-corrected chi connectivity index (χ4v) is 3.12. The molecule has 0 spiro atoms. The second-order valence-corrected chi connectivity index (χ2v) is 7.49. The molecule has 0 saturated carbocycles. The lowest BCUT2D eigenvalue weighted by Gasteiger charge is -2.24. The third-order valence-electron chi connectivity index (χ3n) is 4.63. The van der Waals surface area contributed by atoms with Crippen LogP contribution in [0.5, 0.6) is 0 Å². The molecule has 11 heteroatoms. The highest BCUT2D eigenvalue weighted by Crippen LogP contribution is 2.27. The number of hydrazone groups is 1. The molecule has 10 nitrogen and oxygen atoms in total. The number of nitrogens with one attached hydrogen (secondary N) is 1. The molecular formula is C21H19ClN4O6. The fraction of sp³-hybridized carbons (Fsp3) is 0.238. The molecule has 1 aliphatic rings. The van der Waals surface area contributed by atoms with Gasteiger partial charge >= 0.3 is 5.97 Å². The smallest absolute Gasteiger partial charge is 0.355 e. The number of nitrogens with zero attached hydrogens (tertiary/aromatic N) is 3. The van der Waals surface area contributed by atoms with Gasteiger partial charge in [-0.2, -0.15) is 10.1 Å².